The van der Waals surface area contributed by atoms with Crippen molar-refractivity contribution in [2.45, 2.75) is 13.8 Å². The van der Waals surface area contributed by atoms with Gasteiger partial charge in [-0.25, -0.2) is 4.79 Å². The highest BCUT2D eigenvalue weighted by molar-refractivity contribution is 6.04. The second-order valence-electron chi connectivity index (χ2n) is 6.72. The summed E-state index contributed by atoms with van der Waals surface area (Å²) < 4.78 is 15.8. The molecule has 3 rings (SSSR count). The maximum atomic E-state index is 12.3. The molecule has 1 amide bonds. The van der Waals surface area contributed by atoms with Gasteiger partial charge in [-0.15, -0.1) is 0 Å². The zero-order valence-corrected chi connectivity index (χ0v) is 17.1. The molecule has 0 aliphatic heterocycles. The number of esters is 1. The molecule has 1 N–H and O–H groups in total. The molecule has 0 fully saturated rings. The summed E-state index contributed by atoms with van der Waals surface area (Å²) in [6, 6.07) is 19.0. The van der Waals surface area contributed by atoms with E-state index in [2.05, 4.69) is 5.32 Å². The van der Waals surface area contributed by atoms with Crippen molar-refractivity contribution in [1.82, 2.24) is 0 Å². The Labute approximate surface area is 175 Å². The highest BCUT2D eigenvalue weighted by Crippen LogP contribution is 2.18. The third-order valence-corrected chi connectivity index (χ3v) is 4.53. The van der Waals surface area contributed by atoms with Crippen molar-refractivity contribution >= 4 is 17.6 Å². The molecule has 0 radical (unpaired) electrons. The van der Waals surface area contributed by atoms with Crippen molar-refractivity contribution in [2.24, 2.45) is 0 Å². The van der Waals surface area contributed by atoms with Crippen molar-refractivity contribution in [3.8, 4) is 17.2 Å². The number of carbonyl (C=O) groups is 2. The lowest BCUT2D eigenvalue weighted by atomic mass is 10.1. The number of benzene rings is 3. The quantitative estimate of drug-likeness (QED) is 0.461. The first-order valence-corrected chi connectivity index (χ1v) is 9.41. The van der Waals surface area contributed by atoms with Crippen molar-refractivity contribution in [3.05, 3.63) is 83.4 Å². The Morgan fingerprint density at radius 2 is 1.43 bits per heavy atom. The molecule has 6 nitrogen and oxygen atoms in total. The molecule has 0 aliphatic carbocycles. The number of methoxy groups -OCH3 is 1. The Balaban J connectivity index is 1.52. The lowest BCUT2D eigenvalue weighted by Gasteiger charge is -2.09. The highest BCUT2D eigenvalue weighted by Gasteiger charge is 2.10. The van der Waals surface area contributed by atoms with Gasteiger partial charge in [0.1, 0.15) is 17.2 Å². The molecule has 0 saturated carbocycles. The predicted molar refractivity (Wildman–Crippen MR) is 114 cm³/mol. The maximum Gasteiger partial charge on any atom is 0.349 e. The van der Waals surface area contributed by atoms with Crippen LogP contribution < -0.4 is 19.5 Å². The van der Waals surface area contributed by atoms with E-state index in [1.807, 2.05) is 32.0 Å². The van der Waals surface area contributed by atoms with Gasteiger partial charge in [0.05, 0.1) is 7.11 Å². The van der Waals surface area contributed by atoms with E-state index in [1.165, 1.54) is 0 Å². The summed E-state index contributed by atoms with van der Waals surface area (Å²) in [6.45, 7) is 3.78. The minimum atomic E-state index is -0.524. The largest absolute Gasteiger partial charge is 0.497 e. The Morgan fingerprint density at radius 3 is 2.07 bits per heavy atom. The Morgan fingerprint density at radius 1 is 0.800 bits per heavy atom. The van der Waals surface area contributed by atoms with E-state index in [4.69, 9.17) is 14.2 Å². The van der Waals surface area contributed by atoms with E-state index in [0.717, 1.165) is 11.1 Å². The SMILES string of the molecule is COc1ccc(NC(=O)c2ccc(OC(=O)COc3ccc(C)c(C)c3)cc2)cc1. The van der Waals surface area contributed by atoms with Gasteiger partial charge in [0.15, 0.2) is 6.61 Å². The number of aryl methyl sites for hydroxylation is 2. The summed E-state index contributed by atoms with van der Waals surface area (Å²) >= 11 is 0. The Bertz CT molecular complexity index is 1030. The molecule has 0 aliphatic rings. The van der Waals surface area contributed by atoms with Crippen LogP contribution in [0.5, 0.6) is 17.2 Å². The van der Waals surface area contributed by atoms with Crippen LogP contribution in [0.3, 0.4) is 0 Å². The third kappa shape index (κ3) is 5.61. The summed E-state index contributed by atoms with van der Waals surface area (Å²) in [5, 5.41) is 2.79. The summed E-state index contributed by atoms with van der Waals surface area (Å²) in [7, 11) is 1.58. The first-order valence-electron chi connectivity index (χ1n) is 9.41. The molecule has 0 atom stereocenters. The fourth-order valence-corrected chi connectivity index (χ4v) is 2.66. The molecule has 154 valence electrons. The molecule has 0 unspecified atom stereocenters. The van der Waals surface area contributed by atoms with Gasteiger partial charge in [-0.3, -0.25) is 4.79 Å². The molecule has 6 heteroatoms. The maximum absolute atomic E-state index is 12.3. The van der Waals surface area contributed by atoms with E-state index >= 15 is 0 Å². The number of amides is 1. The van der Waals surface area contributed by atoms with Crippen LogP contribution in [-0.4, -0.2) is 25.6 Å². The topological polar surface area (TPSA) is 73.9 Å². The van der Waals surface area contributed by atoms with Crippen molar-refractivity contribution in [2.75, 3.05) is 19.0 Å². The van der Waals surface area contributed by atoms with Gasteiger partial charge >= 0.3 is 5.97 Å². The molecule has 0 aromatic heterocycles. The van der Waals surface area contributed by atoms with Crippen LogP contribution in [0.25, 0.3) is 0 Å². The van der Waals surface area contributed by atoms with Crippen molar-refractivity contribution < 1.29 is 23.8 Å². The normalized spacial score (nSPS) is 10.2. The predicted octanol–water partition coefficient (Wildman–Crippen LogP) is 4.55. The summed E-state index contributed by atoms with van der Waals surface area (Å²) in [6.07, 6.45) is 0. The van der Waals surface area contributed by atoms with E-state index in [9.17, 15) is 9.59 Å². The summed E-state index contributed by atoms with van der Waals surface area (Å²) in [5.41, 5.74) is 3.34. The molecule has 30 heavy (non-hydrogen) atoms. The Hall–Kier alpha value is -3.80. The molecular formula is C24H23NO5. The van der Waals surface area contributed by atoms with Gasteiger partial charge in [0, 0.05) is 11.3 Å². The molecular weight excluding hydrogens is 382 g/mol. The van der Waals surface area contributed by atoms with Crippen LogP contribution in [0, 0.1) is 13.8 Å². The molecule has 3 aromatic rings. The molecule has 0 bridgehead atoms. The fraction of sp³-hybridized carbons (Fsp3) is 0.167. The van der Waals surface area contributed by atoms with Crippen LogP contribution in [0.2, 0.25) is 0 Å². The molecule has 0 spiro atoms. The second kappa shape index (κ2) is 9.60. The van der Waals surface area contributed by atoms with Gasteiger partial charge in [-0.05, 0) is 85.6 Å². The van der Waals surface area contributed by atoms with Gasteiger partial charge in [-0.2, -0.15) is 0 Å². The minimum absolute atomic E-state index is 0.206. The van der Waals surface area contributed by atoms with E-state index in [0.29, 0.717) is 28.5 Å². The lowest BCUT2D eigenvalue weighted by Crippen LogP contribution is -2.18. The van der Waals surface area contributed by atoms with Gasteiger partial charge in [-0.1, -0.05) is 6.07 Å². The van der Waals surface area contributed by atoms with Crippen LogP contribution >= 0.6 is 0 Å². The molecule has 3 aromatic carbocycles. The Kier molecular flexibility index (Phi) is 6.70. The van der Waals surface area contributed by atoms with E-state index < -0.39 is 5.97 Å². The number of hydrogen-bond acceptors (Lipinski definition) is 5. The van der Waals surface area contributed by atoms with Crippen LogP contribution in [0.1, 0.15) is 21.5 Å². The number of hydrogen-bond donors (Lipinski definition) is 1. The third-order valence-electron chi connectivity index (χ3n) is 4.53. The second-order valence-corrected chi connectivity index (χ2v) is 6.72. The van der Waals surface area contributed by atoms with Crippen LogP contribution in [0.4, 0.5) is 5.69 Å². The lowest BCUT2D eigenvalue weighted by molar-refractivity contribution is -0.136. The van der Waals surface area contributed by atoms with Crippen molar-refractivity contribution in [3.63, 3.8) is 0 Å². The monoisotopic (exact) mass is 405 g/mol. The summed E-state index contributed by atoms with van der Waals surface area (Å²) in [4.78, 5) is 24.4. The minimum Gasteiger partial charge on any atom is -0.497 e. The zero-order chi connectivity index (χ0) is 21.5. The standard InChI is InChI=1S/C24H23NO5/c1-16-4-9-22(14-17(16)2)29-15-23(26)30-21-10-5-18(6-11-21)24(27)25-19-7-12-20(28-3)13-8-19/h4-14H,15H2,1-3H3,(H,25,27). The first kappa shape index (κ1) is 20.9. The van der Waals surface area contributed by atoms with Crippen LogP contribution in [0.15, 0.2) is 66.7 Å². The van der Waals surface area contributed by atoms with Crippen LogP contribution in [-0.2, 0) is 4.79 Å². The van der Waals surface area contributed by atoms with Crippen molar-refractivity contribution in [1.29, 1.82) is 0 Å². The molecule has 0 saturated heterocycles. The number of rotatable bonds is 7. The highest BCUT2D eigenvalue weighted by atomic mass is 16.6. The van der Waals surface area contributed by atoms with Gasteiger partial charge in [0.2, 0.25) is 0 Å². The first-order chi connectivity index (χ1) is 14.4. The smallest absolute Gasteiger partial charge is 0.349 e. The van der Waals surface area contributed by atoms with E-state index in [1.54, 1.807) is 55.6 Å². The van der Waals surface area contributed by atoms with Gasteiger partial charge < -0.3 is 19.5 Å². The number of nitrogens with one attached hydrogen (secondary N) is 1. The number of ether oxygens (including phenoxy) is 3. The van der Waals surface area contributed by atoms with Gasteiger partial charge in [0.25, 0.3) is 5.91 Å². The fourth-order valence-electron chi connectivity index (χ4n) is 2.66. The molecule has 0 heterocycles. The summed E-state index contributed by atoms with van der Waals surface area (Å²) in [5.74, 6) is 0.866. The zero-order valence-electron chi connectivity index (χ0n) is 17.1. The average molecular weight is 405 g/mol. The number of carbonyl (C=O) groups excluding carboxylic acids is 2. The number of anilines is 1. The van der Waals surface area contributed by atoms with E-state index in [-0.39, 0.29) is 12.5 Å². The average Bonchev–Trinajstić information content (AvgIpc) is 2.75.